The van der Waals surface area contributed by atoms with Crippen LogP contribution in [0, 0.1) is 0 Å². The summed E-state index contributed by atoms with van der Waals surface area (Å²) in [5.74, 6) is 1.25. The molecule has 4 rings (SSSR count). The molecule has 0 bridgehead atoms. The second kappa shape index (κ2) is 7.21. The topological polar surface area (TPSA) is 66.9 Å². The van der Waals surface area contributed by atoms with Gasteiger partial charge in [0.05, 0.1) is 0 Å². The maximum absolute atomic E-state index is 12.7. The van der Waals surface area contributed by atoms with E-state index in [-0.39, 0.29) is 11.9 Å². The molecule has 0 aliphatic heterocycles. The van der Waals surface area contributed by atoms with Crippen LogP contribution < -0.4 is 10.6 Å². The lowest BCUT2D eigenvalue weighted by molar-refractivity contribution is 0.0922. The highest BCUT2D eigenvalue weighted by Gasteiger charge is 2.23. The van der Waals surface area contributed by atoms with Crippen molar-refractivity contribution in [2.75, 3.05) is 5.32 Å². The summed E-state index contributed by atoms with van der Waals surface area (Å²) in [5, 5.41) is 6.55. The number of aromatic nitrogens is 2. The van der Waals surface area contributed by atoms with Crippen LogP contribution in [0.5, 0.6) is 0 Å². The number of nitrogens with one attached hydrogen (secondary N) is 2. The molecule has 130 valence electrons. The van der Waals surface area contributed by atoms with Crippen molar-refractivity contribution >= 4 is 11.7 Å². The Morgan fingerprint density at radius 1 is 0.920 bits per heavy atom. The fraction of sp³-hybridized carbons (Fsp3) is 0.450. The standard InChI is InChI=1S/C20H24N4O/c25-20(22-15-9-5-2-6-10-15)17-13-18(21-16-11-12-16)24-19(23-17)14-7-3-1-4-8-14/h1,3-4,7-8,13,15-16H,2,5-6,9-12H2,(H,22,25)(H,21,23,24). The zero-order valence-corrected chi connectivity index (χ0v) is 14.4. The van der Waals surface area contributed by atoms with E-state index in [1.54, 1.807) is 6.07 Å². The highest BCUT2D eigenvalue weighted by molar-refractivity contribution is 5.93. The SMILES string of the molecule is O=C(NC1CCCCC1)c1cc(NC2CC2)nc(-c2ccccc2)n1. The predicted octanol–water partition coefficient (Wildman–Crippen LogP) is 3.78. The molecule has 0 unspecified atom stereocenters. The van der Waals surface area contributed by atoms with Crippen LogP contribution in [0.3, 0.4) is 0 Å². The van der Waals surface area contributed by atoms with Gasteiger partial charge in [0.15, 0.2) is 5.82 Å². The molecule has 2 saturated carbocycles. The van der Waals surface area contributed by atoms with Crippen molar-refractivity contribution in [3.8, 4) is 11.4 Å². The van der Waals surface area contributed by atoms with E-state index < -0.39 is 0 Å². The molecule has 1 aromatic carbocycles. The average molecular weight is 336 g/mol. The second-order valence-electron chi connectivity index (χ2n) is 7.06. The molecule has 2 aliphatic rings. The molecule has 0 radical (unpaired) electrons. The molecule has 2 N–H and O–H groups in total. The van der Waals surface area contributed by atoms with Gasteiger partial charge < -0.3 is 10.6 Å². The number of amides is 1. The maximum atomic E-state index is 12.7. The Balaban J connectivity index is 1.59. The van der Waals surface area contributed by atoms with E-state index in [1.807, 2.05) is 30.3 Å². The van der Waals surface area contributed by atoms with Crippen molar-refractivity contribution in [1.82, 2.24) is 15.3 Å². The molecule has 2 aliphatic carbocycles. The third-order valence-electron chi connectivity index (χ3n) is 4.86. The number of carbonyl (C=O) groups excluding carboxylic acids is 1. The molecule has 1 amide bonds. The molecular weight excluding hydrogens is 312 g/mol. The van der Waals surface area contributed by atoms with Crippen LogP contribution >= 0.6 is 0 Å². The Labute approximate surface area is 148 Å². The summed E-state index contributed by atoms with van der Waals surface area (Å²) >= 11 is 0. The predicted molar refractivity (Wildman–Crippen MR) is 98.5 cm³/mol. The Morgan fingerprint density at radius 2 is 1.68 bits per heavy atom. The zero-order chi connectivity index (χ0) is 17.1. The number of hydrogen-bond acceptors (Lipinski definition) is 4. The van der Waals surface area contributed by atoms with E-state index in [1.165, 1.54) is 19.3 Å². The van der Waals surface area contributed by atoms with Crippen molar-refractivity contribution < 1.29 is 4.79 Å². The van der Waals surface area contributed by atoms with Gasteiger partial charge in [-0.1, -0.05) is 49.6 Å². The van der Waals surface area contributed by atoms with E-state index in [9.17, 15) is 4.79 Å². The van der Waals surface area contributed by atoms with Crippen molar-refractivity contribution in [1.29, 1.82) is 0 Å². The van der Waals surface area contributed by atoms with Crippen LogP contribution in [0.15, 0.2) is 36.4 Å². The van der Waals surface area contributed by atoms with E-state index in [4.69, 9.17) is 0 Å². The van der Waals surface area contributed by atoms with E-state index in [0.717, 1.165) is 37.1 Å². The van der Waals surface area contributed by atoms with Gasteiger partial charge in [-0.25, -0.2) is 9.97 Å². The number of rotatable bonds is 5. The van der Waals surface area contributed by atoms with Gasteiger partial charge in [0, 0.05) is 23.7 Å². The van der Waals surface area contributed by atoms with Gasteiger partial charge in [-0.3, -0.25) is 4.79 Å². The quantitative estimate of drug-likeness (QED) is 0.872. The van der Waals surface area contributed by atoms with Crippen LogP contribution in [-0.2, 0) is 0 Å². The summed E-state index contributed by atoms with van der Waals surface area (Å²) in [6.07, 6.45) is 8.11. The van der Waals surface area contributed by atoms with Crippen LogP contribution in [0.2, 0.25) is 0 Å². The molecule has 2 fully saturated rings. The van der Waals surface area contributed by atoms with Crippen LogP contribution in [-0.4, -0.2) is 28.0 Å². The van der Waals surface area contributed by atoms with Crippen molar-refractivity contribution in [2.24, 2.45) is 0 Å². The molecule has 5 nitrogen and oxygen atoms in total. The number of hydrogen-bond donors (Lipinski definition) is 2. The van der Waals surface area contributed by atoms with Crippen molar-refractivity contribution in [2.45, 2.75) is 57.0 Å². The molecular formula is C20H24N4O. The molecule has 5 heteroatoms. The fourth-order valence-electron chi connectivity index (χ4n) is 3.30. The maximum Gasteiger partial charge on any atom is 0.270 e. The van der Waals surface area contributed by atoms with Crippen LogP contribution in [0.25, 0.3) is 11.4 Å². The number of nitrogens with zero attached hydrogens (tertiary/aromatic N) is 2. The minimum absolute atomic E-state index is 0.0923. The van der Waals surface area contributed by atoms with Gasteiger partial charge in [-0.2, -0.15) is 0 Å². The first-order chi connectivity index (χ1) is 12.3. The molecule has 0 spiro atoms. The van der Waals surface area contributed by atoms with E-state index >= 15 is 0 Å². The van der Waals surface area contributed by atoms with Gasteiger partial charge in [0.1, 0.15) is 11.5 Å². The van der Waals surface area contributed by atoms with Gasteiger partial charge in [-0.15, -0.1) is 0 Å². The lowest BCUT2D eigenvalue weighted by atomic mass is 9.95. The lowest BCUT2D eigenvalue weighted by Crippen LogP contribution is -2.36. The van der Waals surface area contributed by atoms with Gasteiger partial charge in [-0.05, 0) is 25.7 Å². The van der Waals surface area contributed by atoms with E-state index in [0.29, 0.717) is 17.6 Å². The molecule has 25 heavy (non-hydrogen) atoms. The smallest absolute Gasteiger partial charge is 0.270 e. The average Bonchev–Trinajstić information content (AvgIpc) is 3.47. The molecule has 1 heterocycles. The van der Waals surface area contributed by atoms with Crippen molar-refractivity contribution in [3.05, 3.63) is 42.1 Å². The van der Waals surface area contributed by atoms with Gasteiger partial charge in [0.25, 0.3) is 5.91 Å². The third kappa shape index (κ3) is 4.16. The minimum Gasteiger partial charge on any atom is -0.367 e. The van der Waals surface area contributed by atoms with Gasteiger partial charge in [0.2, 0.25) is 0 Å². The number of carbonyl (C=O) groups is 1. The van der Waals surface area contributed by atoms with Crippen LogP contribution in [0.4, 0.5) is 5.82 Å². The largest absolute Gasteiger partial charge is 0.367 e. The Hall–Kier alpha value is -2.43. The van der Waals surface area contributed by atoms with E-state index in [2.05, 4.69) is 20.6 Å². The molecule has 1 aromatic heterocycles. The monoisotopic (exact) mass is 336 g/mol. The summed E-state index contributed by atoms with van der Waals surface area (Å²) in [6, 6.07) is 12.4. The highest BCUT2D eigenvalue weighted by atomic mass is 16.1. The first-order valence-corrected chi connectivity index (χ1v) is 9.30. The first kappa shape index (κ1) is 16.1. The summed E-state index contributed by atoms with van der Waals surface area (Å²) < 4.78 is 0. The number of benzene rings is 1. The number of anilines is 1. The normalized spacial score (nSPS) is 17.9. The Morgan fingerprint density at radius 3 is 2.40 bits per heavy atom. The summed E-state index contributed by atoms with van der Waals surface area (Å²) in [7, 11) is 0. The third-order valence-corrected chi connectivity index (χ3v) is 4.86. The zero-order valence-electron chi connectivity index (χ0n) is 14.4. The molecule has 0 atom stereocenters. The van der Waals surface area contributed by atoms with Crippen molar-refractivity contribution in [3.63, 3.8) is 0 Å². The lowest BCUT2D eigenvalue weighted by Gasteiger charge is -2.22. The fourth-order valence-corrected chi connectivity index (χ4v) is 3.30. The Bertz CT molecular complexity index is 737. The summed E-state index contributed by atoms with van der Waals surface area (Å²) in [4.78, 5) is 21.9. The summed E-state index contributed by atoms with van der Waals surface area (Å²) in [5.41, 5.74) is 1.37. The highest BCUT2D eigenvalue weighted by Crippen LogP contribution is 2.26. The first-order valence-electron chi connectivity index (χ1n) is 9.30. The minimum atomic E-state index is -0.0923. The van der Waals surface area contributed by atoms with Gasteiger partial charge >= 0.3 is 0 Å². The molecule has 0 saturated heterocycles. The molecule has 2 aromatic rings. The second-order valence-corrected chi connectivity index (χ2v) is 7.06. The Kier molecular flexibility index (Phi) is 4.63. The summed E-state index contributed by atoms with van der Waals surface area (Å²) in [6.45, 7) is 0. The van der Waals surface area contributed by atoms with Crippen LogP contribution in [0.1, 0.15) is 55.4 Å².